The summed E-state index contributed by atoms with van der Waals surface area (Å²) in [7, 11) is 0. The molecule has 0 amide bonds. The molecule has 0 unspecified atom stereocenters. The Hall–Kier alpha value is -1.32. The van der Waals surface area contributed by atoms with E-state index in [-0.39, 0.29) is 0 Å². The highest BCUT2D eigenvalue weighted by molar-refractivity contribution is 7.08. The van der Waals surface area contributed by atoms with Crippen molar-refractivity contribution < 1.29 is 9.47 Å². The van der Waals surface area contributed by atoms with Crippen molar-refractivity contribution in [1.29, 1.82) is 0 Å². The summed E-state index contributed by atoms with van der Waals surface area (Å²) in [5, 5.41) is 4.10. The minimum absolute atomic E-state index is 0.313. The predicted molar refractivity (Wildman–Crippen MR) is 66.9 cm³/mol. The van der Waals surface area contributed by atoms with E-state index in [0.29, 0.717) is 13.4 Å². The summed E-state index contributed by atoms with van der Waals surface area (Å²) in [6.07, 6.45) is 0. The third kappa shape index (κ3) is 2.62. The number of ether oxygens (including phenoxy) is 2. The van der Waals surface area contributed by atoms with Gasteiger partial charge in [-0.3, -0.25) is 0 Å². The van der Waals surface area contributed by atoms with Crippen molar-refractivity contribution >= 4 is 11.3 Å². The van der Waals surface area contributed by atoms with Crippen LogP contribution >= 0.6 is 11.3 Å². The molecule has 2 rings (SSSR count). The molecule has 1 aromatic carbocycles. The number of hydrogen-bond acceptors (Lipinski definition) is 3. The van der Waals surface area contributed by atoms with Gasteiger partial charge in [0.25, 0.3) is 0 Å². The van der Waals surface area contributed by atoms with E-state index in [4.69, 9.17) is 9.47 Å². The first-order valence-electron chi connectivity index (χ1n) is 5.24. The van der Waals surface area contributed by atoms with Gasteiger partial charge in [-0.1, -0.05) is 30.3 Å². The summed E-state index contributed by atoms with van der Waals surface area (Å²) >= 11 is 1.64. The SMILES string of the molecule is CCOCOc1cscc1-c1ccccc1. The van der Waals surface area contributed by atoms with Crippen LogP contribution in [-0.4, -0.2) is 13.4 Å². The van der Waals surface area contributed by atoms with Crippen LogP contribution in [-0.2, 0) is 4.74 Å². The fourth-order valence-electron chi connectivity index (χ4n) is 1.41. The van der Waals surface area contributed by atoms with E-state index in [1.807, 2.05) is 30.5 Å². The normalized spacial score (nSPS) is 10.3. The smallest absolute Gasteiger partial charge is 0.189 e. The largest absolute Gasteiger partial charge is 0.466 e. The molecular weight excluding hydrogens is 220 g/mol. The summed E-state index contributed by atoms with van der Waals surface area (Å²) in [6.45, 7) is 2.94. The van der Waals surface area contributed by atoms with Crippen LogP contribution in [0.15, 0.2) is 41.1 Å². The second kappa shape index (κ2) is 5.68. The van der Waals surface area contributed by atoms with Gasteiger partial charge in [-0.15, -0.1) is 11.3 Å². The number of hydrogen-bond donors (Lipinski definition) is 0. The van der Waals surface area contributed by atoms with Crippen LogP contribution < -0.4 is 4.74 Å². The molecule has 2 aromatic rings. The zero-order chi connectivity index (χ0) is 11.2. The molecule has 0 radical (unpaired) electrons. The van der Waals surface area contributed by atoms with Crippen LogP contribution in [0.1, 0.15) is 6.92 Å². The molecule has 0 saturated carbocycles. The standard InChI is InChI=1S/C13H14O2S/c1-2-14-10-15-13-9-16-8-12(13)11-6-4-3-5-7-11/h3-9H,2,10H2,1H3. The Morgan fingerprint density at radius 1 is 1.12 bits per heavy atom. The zero-order valence-electron chi connectivity index (χ0n) is 9.18. The molecule has 1 heterocycles. The number of thiophene rings is 1. The summed E-state index contributed by atoms with van der Waals surface area (Å²) in [4.78, 5) is 0. The van der Waals surface area contributed by atoms with Gasteiger partial charge >= 0.3 is 0 Å². The van der Waals surface area contributed by atoms with Crippen molar-refractivity contribution in [2.45, 2.75) is 6.92 Å². The van der Waals surface area contributed by atoms with Crippen LogP contribution in [0.4, 0.5) is 0 Å². The Morgan fingerprint density at radius 2 is 1.94 bits per heavy atom. The van der Waals surface area contributed by atoms with Gasteiger partial charge in [0.05, 0.1) is 0 Å². The summed E-state index contributed by atoms with van der Waals surface area (Å²) in [5.41, 5.74) is 2.31. The van der Waals surface area contributed by atoms with Gasteiger partial charge < -0.3 is 9.47 Å². The lowest BCUT2D eigenvalue weighted by Crippen LogP contribution is -2.01. The third-order valence-electron chi connectivity index (χ3n) is 2.21. The molecule has 0 aliphatic heterocycles. The molecule has 0 spiro atoms. The molecule has 0 N–H and O–H groups in total. The molecule has 0 aliphatic carbocycles. The van der Waals surface area contributed by atoms with Crippen LogP contribution in [0.5, 0.6) is 5.75 Å². The lowest BCUT2D eigenvalue weighted by molar-refractivity contribution is 0.0230. The molecule has 16 heavy (non-hydrogen) atoms. The number of rotatable bonds is 5. The maximum atomic E-state index is 5.56. The van der Waals surface area contributed by atoms with Gasteiger partial charge in [0, 0.05) is 22.9 Å². The molecule has 3 heteroatoms. The van der Waals surface area contributed by atoms with E-state index in [0.717, 1.165) is 11.3 Å². The Balaban J connectivity index is 2.13. The molecule has 0 atom stereocenters. The Bertz CT molecular complexity index is 423. The molecule has 0 fully saturated rings. The Kier molecular flexibility index (Phi) is 3.97. The van der Waals surface area contributed by atoms with Gasteiger partial charge in [0.2, 0.25) is 0 Å². The summed E-state index contributed by atoms with van der Waals surface area (Å²) < 4.78 is 10.7. The highest BCUT2D eigenvalue weighted by Gasteiger charge is 2.06. The second-order valence-electron chi connectivity index (χ2n) is 3.27. The Morgan fingerprint density at radius 3 is 2.69 bits per heavy atom. The van der Waals surface area contributed by atoms with Crippen molar-refractivity contribution in [3.05, 3.63) is 41.1 Å². The first-order valence-corrected chi connectivity index (χ1v) is 6.18. The second-order valence-corrected chi connectivity index (χ2v) is 4.01. The lowest BCUT2D eigenvalue weighted by atomic mass is 10.1. The summed E-state index contributed by atoms with van der Waals surface area (Å²) in [5.74, 6) is 0.893. The van der Waals surface area contributed by atoms with E-state index in [1.165, 1.54) is 5.56 Å². The topological polar surface area (TPSA) is 18.5 Å². The van der Waals surface area contributed by atoms with E-state index in [9.17, 15) is 0 Å². The van der Waals surface area contributed by atoms with Crippen LogP contribution in [0.25, 0.3) is 11.1 Å². The quantitative estimate of drug-likeness (QED) is 0.579. The minimum Gasteiger partial charge on any atom is -0.466 e. The monoisotopic (exact) mass is 234 g/mol. The third-order valence-corrected chi connectivity index (χ3v) is 2.94. The van der Waals surface area contributed by atoms with E-state index in [1.54, 1.807) is 11.3 Å². The first-order chi connectivity index (χ1) is 7.92. The van der Waals surface area contributed by atoms with Crippen LogP contribution in [0, 0.1) is 0 Å². The van der Waals surface area contributed by atoms with Crippen molar-refractivity contribution in [2.24, 2.45) is 0 Å². The lowest BCUT2D eigenvalue weighted by Gasteiger charge is -2.06. The molecule has 0 saturated heterocycles. The summed E-state index contributed by atoms with van der Waals surface area (Å²) in [6, 6.07) is 10.2. The predicted octanol–water partition coefficient (Wildman–Crippen LogP) is 3.79. The van der Waals surface area contributed by atoms with Crippen LogP contribution in [0.3, 0.4) is 0 Å². The minimum atomic E-state index is 0.313. The maximum absolute atomic E-state index is 5.56. The maximum Gasteiger partial charge on any atom is 0.189 e. The van der Waals surface area contributed by atoms with Gasteiger partial charge in [0.1, 0.15) is 5.75 Å². The average molecular weight is 234 g/mol. The molecule has 84 valence electrons. The van der Waals surface area contributed by atoms with Crippen molar-refractivity contribution in [2.75, 3.05) is 13.4 Å². The van der Waals surface area contributed by atoms with Gasteiger partial charge in [0.15, 0.2) is 6.79 Å². The molecule has 2 nitrogen and oxygen atoms in total. The fourth-order valence-corrected chi connectivity index (χ4v) is 2.19. The number of benzene rings is 1. The van der Waals surface area contributed by atoms with Crippen LogP contribution in [0.2, 0.25) is 0 Å². The van der Waals surface area contributed by atoms with Gasteiger partial charge in [-0.05, 0) is 12.5 Å². The molecule has 0 aliphatic rings. The molecule has 1 aromatic heterocycles. The Labute approximate surface area is 99.5 Å². The van der Waals surface area contributed by atoms with Crippen molar-refractivity contribution in [1.82, 2.24) is 0 Å². The van der Waals surface area contributed by atoms with Crippen molar-refractivity contribution in [3.8, 4) is 16.9 Å². The highest BCUT2D eigenvalue weighted by atomic mass is 32.1. The first kappa shape index (κ1) is 11.2. The average Bonchev–Trinajstić information content (AvgIpc) is 2.79. The van der Waals surface area contributed by atoms with E-state index >= 15 is 0 Å². The molecular formula is C13H14O2S. The zero-order valence-corrected chi connectivity index (χ0v) is 10.00. The van der Waals surface area contributed by atoms with Gasteiger partial charge in [-0.2, -0.15) is 0 Å². The van der Waals surface area contributed by atoms with E-state index < -0.39 is 0 Å². The van der Waals surface area contributed by atoms with E-state index in [2.05, 4.69) is 17.5 Å². The fraction of sp³-hybridized carbons (Fsp3) is 0.231. The molecule has 0 bridgehead atoms. The van der Waals surface area contributed by atoms with Crippen molar-refractivity contribution in [3.63, 3.8) is 0 Å². The highest BCUT2D eigenvalue weighted by Crippen LogP contribution is 2.33. The van der Waals surface area contributed by atoms with Gasteiger partial charge in [-0.25, -0.2) is 0 Å².